The average molecular weight is 221 g/mol. The lowest BCUT2D eigenvalue weighted by molar-refractivity contribution is -0.139. The minimum atomic E-state index is -0.893. The summed E-state index contributed by atoms with van der Waals surface area (Å²) in [4.78, 5) is 10.8. The Bertz CT molecular complexity index is 404. The van der Waals surface area contributed by atoms with E-state index < -0.39 is 12.0 Å². The first-order chi connectivity index (χ1) is 7.54. The minimum absolute atomic E-state index is 0.0156. The largest absolute Gasteiger partial charge is 0.480 e. The molecule has 5 heteroatoms. The van der Waals surface area contributed by atoms with Gasteiger partial charge in [0.05, 0.1) is 0 Å². The first kappa shape index (κ1) is 12.2. The number of amidine groups is 1. The Kier molecular flexibility index (Phi) is 4.02. The number of hydrogen-bond acceptors (Lipinski definition) is 3. The molecule has 0 bridgehead atoms. The van der Waals surface area contributed by atoms with Gasteiger partial charge in [-0.2, -0.15) is 0 Å². The second kappa shape index (κ2) is 5.27. The van der Waals surface area contributed by atoms with Gasteiger partial charge in [-0.25, -0.2) is 0 Å². The fourth-order valence-electron chi connectivity index (χ4n) is 1.41. The van der Waals surface area contributed by atoms with Gasteiger partial charge in [-0.1, -0.05) is 18.2 Å². The number of likely N-dealkylation sites (N-methyl/N-ethyl adjacent to an activating group) is 1. The van der Waals surface area contributed by atoms with Gasteiger partial charge in [-0.05, 0) is 25.1 Å². The number of nitrogens with two attached hydrogens (primary N) is 1. The summed E-state index contributed by atoms with van der Waals surface area (Å²) < 4.78 is 0. The number of carbonyl (C=O) groups is 1. The van der Waals surface area contributed by atoms with Gasteiger partial charge in [0.25, 0.3) is 0 Å². The van der Waals surface area contributed by atoms with Crippen molar-refractivity contribution in [3.05, 3.63) is 35.4 Å². The zero-order chi connectivity index (χ0) is 12.1. The van der Waals surface area contributed by atoms with E-state index in [4.69, 9.17) is 16.2 Å². The van der Waals surface area contributed by atoms with Crippen LogP contribution in [0.3, 0.4) is 0 Å². The first-order valence-electron chi connectivity index (χ1n) is 4.88. The molecule has 0 aliphatic carbocycles. The van der Waals surface area contributed by atoms with Crippen LogP contribution in [0.25, 0.3) is 0 Å². The van der Waals surface area contributed by atoms with Crippen molar-refractivity contribution >= 4 is 11.8 Å². The van der Waals surface area contributed by atoms with E-state index in [0.717, 1.165) is 5.56 Å². The summed E-state index contributed by atoms with van der Waals surface area (Å²) in [6.07, 6.45) is 0.368. The van der Waals surface area contributed by atoms with Gasteiger partial charge >= 0.3 is 5.97 Å². The van der Waals surface area contributed by atoms with Crippen LogP contribution in [0, 0.1) is 5.41 Å². The first-order valence-corrected chi connectivity index (χ1v) is 4.88. The Hall–Kier alpha value is -1.88. The quantitative estimate of drug-likeness (QED) is 0.421. The predicted octanol–water partition coefficient (Wildman–Crippen LogP) is 0.186. The van der Waals surface area contributed by atoms with Crippen molar-refractivity contribution in [2.45, 2.75) is 12.5 Å². The molecule has 1 aromatic rings. The summed E-state index contributed by atoms with van der Waals surface area (Å²) >= 11 is 0. The summed E-state index contributed by atoms with van der Waals surface area (Å²) in [6.45, 7) is 0. The number of nitrogen functional groups attached to an aromatic ring is 1. The van der Waals surface area contributed by atoms with Crippen molar-refractivity contribution in [2.75, 3.05) is 7.05 Å². The van der Waals surface area contributed by atoms with Crippen molar-refractivity contribution < 1.29 is 9.90 Å². The summed E-state index contributed by atoms with van der Waals surface area (Å²) in [7, 11) is 1.60. The third-order valence-electron chi connectivity index (χ3n) is 2.32. The second-order valence-electron chi connectivity index (χ2n) is 3.50. The van der Waals surface area contributed by atoms with Gasteiger partial charge in [-0.3, -0.25) is 10.2 Å². The lowest BCUT2D eigenvalue weighted by Crippen LogP contribution is -2.35. The fourth-order valence-corrected chi connectivity index (χ4v) is 1.41. The van der Waals surface area contributed by atoms with Crippen LogP contribution in [-0.4, -0.2) is 30.0 Å². The molecule has 0 heterocycles. The molecular weight excluding hydrogens is 206 g/mol. The molecule has 1 rings (SSSR count). The topological polar surface area (TPSA) is 99.2 Å². The van der Waals surface area contributed by atoms with E-state index in [0.29, 0.717) is 12.0 Å². The molecule has 1 atom stereocenters. The van der Waals surface area contributed by atoms with Crippen molar-refractivity contribution in [2.24, 2.45) is 5.73 Å². The number of carboxylic acids is 1. The Balaban J connectivity index is 2.84. The molecule has 16 heavy (non-hydrogen) atoms. The highest BCUT2D eigenvalue weighted by molar-refractivity contribution is 5.95. The second-order valence-corrected chi connectivity index (χ2v) is 3.50. The molecule has 0 radical (unpaired) electrons. The van der Waals surface area contributed by atoms with Gasteiger partial charge in [0.2, 0.25) is 0 Å². The van der Waals surface area contributed by atoms with E-state index in [1.807, 2.05) is 6.07 Å². The highest BCUT2D eigenvalue weighted by atomic mass is 16.4. The van der Waals surface area contributed by atoms with Gasteiger partial charge in [0.1, 0.15) is 11.9 Å². The molecule has 5 N–H and O–H groups in total. The van der Waals surface area contributed by atoms with Crippen LogP contribution in [0.4, 0.5) is 0 Å². The summed E-state index contributed by atoms with van der Waals surface area (Å²) in [6, 6.07) is 6.42. The maximum Gasteiger partial charge on any atom is 0.321 e. The standard InChI is InChI=1S/C11H15N3O2/c1-14-9(11(15)16)6-7-3-2-4-8(5-7)10(12)13/h2-5,9,14H,6H2,1H3,(H3,12,13)(H,15,16). The lowest BCUT2D eigenvalue weighted by Gasteiger charge is -2.11. The lowest BCUT2D eigenvalue weighted by atomic mass is 10.0. The molecule has 0 aromatic heterocycles. The zero-order valence-corrected chi connectivity index (χ0v) is 9.03. The van der Waals surface area contributed by atoms with Crippen molar-refractivity contribution in [1.82, 2.24) is 5.32 Å². The van der Waals surface area contributed by atoms with E-state index in [-0.39, 0.29) is 5.84 Å². The van der Waals surface area contributed by atoms with E-state index in [1.54, 1.807) is 25.2 Å². The van der Waals surface area contributed by atoms with Crippen LogP contribution in [0.5, 0.6) is 0 Å². The number of carboxylic acid groups (broad SMARTS) is 1. The van der Waals surface area contributed by atoms with Crippen LogP contribution >= 0.6 is 0 Å². The SMILES string of the molecule is CNC(Cc1cccc(C(=N)N)c1)C(=O)O. The normalized spacial score (nSPS) is 12.1. The third-order valence-corrected chi connectivity index (χ3v) is 2.32. The molecule has 0 aliphatic heterocycles. The molecule has 1 unspecified atom stereocenters. The Labute approximate surface area is 93.8 Å². The highest BCUT2D eigenvalue weighted by Crippen LogP contribution is 2.07. The van der Waals surface area contributed by atoms with E-state index in [2.05, 4.69) is 5.32 Å². The Morgan fingerprint density at radius 1 is 1.62 bits per heavy atom. The molecule has 0 amide bonds. The summed E-state index contributed by atoms with van der Waals surface area (Å²) in [5.41, 5.74) is 6.81. The number of aliphatic carboxylic acids is 1. The maximum atomic E-state index is 10.8. The maximum absolute atomic E-state index is 10.8. The summed E-state index contributed by atoms with van der Waals surface area (Å²) in [5.74, 6) is -0.908. The van der Waals surface area contributed by atoms with Crippen LogP contribution < -0.4 is 11.1 Å². The monoisotopic (exact) mass is 221 g/mol. The van der Waals surface area contributed by atoms with Crippen LogP contribution in [0.2, 0.25) is 0 Å². The molecule has 1 aromatic carbocycles. The van der Waals surface area contributed by atoms with Crippen molar-refractivity contribution in [1.29, 1.82) is 5.41 Å². The molecule has 5 nitrogen and oxygen atoms in total. The van der Waals surface area contributed by atoms with Gasteiger partial charge in [-0.15, -0.1) is 0 Å². The molecule has 0 saturated heterocycles. The average Bonchev–Trinajstić information content (AvgIpc) is 2.25. The fraction of sp³-hybridized carbons (Fsp3) is 0.273. The third kappa shape index (κ3) is 3.06. The zero-order valence-electron chi connectivity index (χ0n) is 9.03. The van der Waals surface area contributed by atoms with Crippen LogP contribution in [0.15, 0.2) is 24.3 Å². The Morgan fingerprint density at radius 3 is 2.81 bits per heavy atom. The molecule has 0 fully saturated rings. The van der Waals surface area contributed by atoms with E-state index in [1.165, 1.54) is 0 Å². The number of hydrogen-bond donors (Lipinski definition) is 4. The molecule has 0 aliphatic rings. The molecular formula is C11H15N3O2. The smallest absolute Gasteiger partial charge is 0.321 e. The molecule has 0 saturated carbocycles. The Morgan fingerprint density at radius 2 is 2.31 bits per heavy atom. The van der Waals surface area contributed by atoms with E-state index in [9.17, 15) is 4.79 Å². The predicted molar refractivity (Wildman–Crippen MR) is 61.6 cm³/mol. The molecule has 86 valence electrons. The number of benzene rings is 1. The number of rotatable bonds is 5. The van der Waals surface area contributed by atoms with Gasteiger partial charge in [0.15, 0.2) is 0 Å². The van der Waals surface area contributed by atoms with Gasteiger partial charge < -0.3 is 16.2 Å². The summed E-state index contributed by atoms with van der Waals surface area (Å²) in [5, 5.41) is 18.9. The molecule has 0 spiro atoms. The van der Waals surface area contributed by atoms with Crippen molar-refractivity contribution in [3.8, 4) is 0 Å². The van der Waals surface area contributed by atoms with Gasteiger partial charge in [0, 0.05) is 5.56 Å². The highest BCUT2D eigenvalue weighted by Gasteiger charge is 2.15. The van der Waals surface area contributed by atoms with Crippen LogP contribution in [0.1, 0.15) is 11.1 Å². The van der Waals surface area contributed by atoms with E-state index >= 15 is 0 Å². The minimum Gasteiger partial charge on any atom is -0.480 e. The van der Waals surface area contributed by atoms with Crippen LogP contribution in [-0.2, 0) is 11.2 Å². The van der Waals surface area contributed by atoms with Crippen molar-refractivity contribution in [3.63, 3.8) is 0 Å². The number of nitrogens with one attached hydrogen (secondary N) is 2.